The molecular weight excluding hydrogens is 194 g/mol. The topological polar surface area (TPSA) is 76.2 Å². The lowest BCUT2D eigenvalue weighted by molar-refractivity contribution is 0.304. The van der Waals surface area contributed by atoms with E-state index in [0.717, 1.165) is 12.8 Å². The zero-order valence-electron chi connectivity index (χ0n) is 8.80. The molecule has 0 atom stereocenters. The van der Waals surface area contributed by atoms with Crippen molar-refractivity contribution in [2.75, 3.05) is 0 Å². The van der Waals surface area contributed by atoms with E-state index in [1.807, 2.05) is 0 Å². The van der Waals surface area contributed by atoms with E-state index in [1.54, 1.807) is 6.92 Å². The summed E-state index contributed by atoms with van der Waals surface area (Å²) in [6, 6.07) is 0. The maximum absolute atomic E-state index is 9.05. The van der Waals surface area contributed by atoms with Crippen LogP contribution in [0.4, 0.5) is 0 Å². The molecule has 1 aromatic rings. The van der Waals surface area contributed by atoms with Gasteiger partial charge in [-0.3, -0.25) is 0 Å². The summed E-state index contributed by atoms with van der Waals surface area (Å²) in [6.45, 7) is 1.80. The number of hydrogen-bond donors (Lipinski definition) is 1. The molecule has 1 fully saturated rings. The molecule has 0 aliphatic heterocycles. The van der Waals surface area contributed by atoms with Crippen molar-refractivity contribution in [1.82, 2.24) is 20.2 Å². The molecule has 0 spiro atoms. The molecule has 1 aliphatic carbocycles. The van der Waals surface area contributed by atoms with Crippen molar-refractivity contribution in [1.29, 1.82) is 0 Å². The Balaban J connectivity index is 2.21. The van der Waals surface area contributed by atoms with Gasteiger partial charge in [0.15, 0.2) is 11.7 Å². The van der Waals surface area contributed by atoms with Crippen LogP contribution in [-0.4, -0.2) is 31.3 Å². The van der Waals surface area contributed by atoms with Gasteiger partial charge >= 0.3 is 0 Å². The lowest BCUT2D eigenvalue weighted by Crippen LogP contribution is -2.27. The zero-order chi connectivity index (χ0) is 10.7. The number of nitrogens with zero attached hydrogens (tertiary/aromatic N) is 5. The summed E-state index contributed by atoms with van der Waals surface area (Å²) in [5.74, 6) is 1.52. The Bertz CT molecular complexity index is 353. The van der Waals surface area contributed by atoms with Gasteiger partial charge in [0.05, 0.1) is 0 Å². The summed E-state index contributed by atoms with van der Waals surface area (Å²) in [4.78, 5) is 0. The summed E-state index contributed by atoms with van der Waals surface area (Å²) >= 11 is 0. The van der Waals surface area contributed by atoms with Crippen LogP contribution in [0.15, 0.2) is 5.16 Å². The SMILES string of the molecule is Cc1nnnn1/C(=N/O)C1CCCCC1. The molecule has 0 saturated heterocycles. The van der Waals surface area contributed by atoms with Gasteiger partial charge in [-0.05, 0) is 30.2 Å². The van der Waals surface area contributed by atoms with E-state index >= 15 is 0 Å². The van der Waals surface area contributed by atoms with Crippen LogP contribution in [0, 0.1) is 12.8 Å². The second kappa shape index (κ2) is 4.37. The molecule has 0 radical (unpaired) electrons. The van der Waals surface area contributed by atoms with Crippen LogP contribution in [0.1, 0.15) is 37.9 Å². The van der Waals surface area contributed by atoms with Gasteiger partial charge in [0.1, 0.15) is 0 Å². The van der Waals surface area contributed by atoms with Crippen molar-refractivity contribution in [3.8, 4) is 0 Å². The van der Waals surface area contributed by atoms with Crippen LogP contribution >= 0.6 is 0 Å². The Hall–Kier alpha value is -1.46. The number of aromatic nitrogens is 4. The minimum absolute atomic E-state index is 0.283. The van der Waals surface area contributed by atoms with Crippen LogP contribution in [0.3, 0.4) is 0 Å². The van der Waals surface area contributed by atoms with E-state index in [0.29, 0.717) is 11.7 Å². The summed E-state index contributed by atoms with van der Waals surface area (Å²) < 4.78 is 1.52. The molecule has 2 rings (SSSR count). The Morgan fingerprint density at radius 3 is 2.67 bits per heavy atom. The first kappa shape index (κ1) is 10.1. The Kier molecular flexibility index (Phi) is 2.94. The van der Waals surface area contributed by atoms with Crippen molar-refractivity contribution in [2.45, 2.75) is 39.0 Å². The summed E-state index contributed by atoms with van der Waals surface area (Å²) in [5, 5.41) is 23.6. The smallest absolute Gasteiger partial charge is 0.175 e. The standard InChI is InChI=1S/C9H15N5O/c1-7-10-12-13-14(7)9(11-15)8-5-3-2-4-6-8/h8,15H,2-6H2,1H3/b11-9+. The predicted molar refractivity (Wildman–Crippen MR) is 53.7 cm³/mol. The number of oxime groups is 1. The Labute approximate surface area is 88.0 Å². The number of hydrogen-bond acceptors (Lipinski definition) is 5. The fraction of sp³-hybridized carbons (Fsp3) is 0.778. The van der Waals surface area contributed by atoms with Gasteiger partial charge in [0, 0.05) is 5.92 Å². The minimum Gasteiger partial charge on any atom is -0.409 e. The van der Waals surface area contributed by atoms with Crippen molar-refractivity contribution in [3.05, 3.63) is 5.82 Å². The number of aryl methyl sites for hydroxylation is 1. The zero-order valence-corrected chi connectivity index (χ0v) is 8.80. The highest BCUT2D eigenvalue weighted by molar-refractivity contribution is 5.85. The van der Waals surface area contributed by atoms with E-state index in [-0.39, 0.29) is 5.92 Å². The fourth-order valence-corrected chi connectivity index (χ4v) is 2.10. The number of tetrazole rings is 1. The first-order chi connectivity index (χ1) is 7.33. The van der Waals surface area contributed by atoms with Gasteiger partial charge in [-0.2, -0.15) is 4.68 Å². The molecule has 82 valence electrons. The molecule has 6 heteroatoms. The van der Waals surface area contributed by atoms with Crippen molar-refractivity contribution in [3.63, 3.8) is 0 Å². The quantitative estimate of drug-likeness (QED) is 0.326. The number of rotatable bonds is 1. The van der Waals surface area contributed by atoms with E-state index in [1.165, 1.54) is 23.9 Å². The second-order valence-corrected chi connectivity index (χ2v) is 3.93. The third kappa shape index (κ3) is 1.98. The van der Waals surface area contributed by atoms with Crippen LogP contribution in [0.25, 0.3) is 0 Å². The molecule has 1 saturated carbocycles. The molecule has 0 aromatic carbocycles. The molecule has 15 heavy (non-hydrogen) atoms. The molecule has 1 N–H and O–H groups in total. The van der Waals surface area contributed by atoms with Gasteiger partial charge < -0.3 is 5.21 Å². The molecule has 6 nitrogen and oxygen atoms in total. The largest absolute Gasteiger partial charge is 0.409 e. The van der Waals surface area contributed by atoms with Gasteiger partial charge in [-0.25, -0.2) is 0 Å². The third-order valence-corrected chi connectivity index (χ3v) is 2.92. The molecule has 0 bridgehead atoms. The van der Waals surface area contributed by atoms with Gasteiger partial charge in [-0.15, -0.1) is 5.10 Å². The Morgan fingerprint density at radius 2 is 2.13 bits per heavy atom. The average molecular weight is 209 g/mol. The summed E-state index contributed by atoms with van der Waals surface area (Å²) in [6.07, 6.45) is 5.75. The molecule has 0 amide bonds. The van der Waals surface area contributed by atoms with Crippen LogP contribution < -0.4 is 0 Å². The Morgan fingerprint density at radius 1 is 1.40 bits per heavy atom. The molecule has 1 aromatic heterocycles. The third-order valence-electron chi connectivity index (χ3n) is 2.92. The maximum Gasteiger partial charge on any atom is 0.175 e. The van der Waals surface area contributed by atoms with Gasteiger partial charge in [0.2, 0.25) is 0 Å². The maximum atomic E-state index is 9.05. The van der Waals surface area contributed by atoms with Crippen LogP contribution in [0.5, 0.6) is 0 Å². The minimum atomic E-state index is 0.283. The summed E-state index contributed by atoms with van der Waals surface area (Å²) in [7, 11) is 0. The molecular formula is C9H15N5O. The van der Waals surface area contributed by atoms with E-state index in [2.05, 4.69) is 20.7 Å². The van der Waals surface area contributed by atoms with Crippen molar-refractivity contribution in [2.24, 2.45) is 11.1 Å². The summed E-state index contributed by atoms with van der Waals surface area (Å²) in [5.41, 5.74) is 0. The first-order valence-electron chi connectivity index (χ1n) is 5.30. The van der Waals surface area contributed by atoms with Gasteiger partial charge in [-0.1, -0.05) is 24.4 Å². The highest BCUT2D eigenvalue weighted by Crippen LogP contribution is 2.25. The predicted octanol–water partition coefficient (Wildman–Crippen LogP) is 1.20. The lowest BCUT2D eigenvalue weighted by atomic mass is 9.88. The highest BCUT2D eigenvalue weighted by atomic mass is 16.4. The normalized spacial score (nSPS) is 19.4. The lowest BCUT2D eigenvalue weighted by Gasteiger charge is -2.21. The fourth-order valence-electron chi connectivity index (χ4n) is 2.10. The monoisotopic (exact) mass is 209 g/mol. The molecule has 0 unspecified atom stereocenters. The average Bonchev–Trinajstić information content (AvgIpc) is 2.68. The second-order valence-electron chi connectivity index (χ2n) is 3.93. The highest BCUT2D eigenvalue weighted by Gasteiger charge is 2.23. The van der Waals surface area contributed by atoms with E-state index in [9.17, 15) is 0 Å². The molecule has 1 heterocycles. The first-order valence-corrected chi connectivity index (χ1v) is 5.30. The van der Waals surface area contributed by atoms with E-state index < -0.39 is 0 Å². The molecule has 1 aliphatic rings. The van der Waals surface area contributed by atoms with Crippen molar-refractivity contribution < 1.29 is 5.21 Å². The van der Waals surface area contributed by atoms with Crippen LogP contribution in [-0.2, 0) is 0 Å². The van der Waals surface area contributed by atoms with E-state index in [4.69, 9.17) is 5.21 Å². The van der Waals surface area contributed by atoms with Gasteiger partial charge in [0.25, 0.3) is 0 Å². The van der Waals surface area contributed by atoms with Crippen molar-refractivity contribution >= 4 is 5.84 Å². The van der Waals surface area contributed by atoms with Crippen LogP contribution in [0.2, 0.25) is 0 Å².